The second-order valence-corrected chi connectivity index (χ2v) is 2.88. The highest BCUT2D eigenvalue weighted by atomic mass is 16.3. The number of phenols is 1. The first-order valence-electron chi connectivity index (χ1n) is 4.52. The van der Waals surface area contributed by atoms with Crippen LogP contribution in [-0.4, -0.2) is 24.7 Å². The van der Waals surface area contributed by atoms with Crippen molar-refractivity contribution in [3.05, 3.63) is 24.3 Å². The van der Waals surface area contributed by atoms with Crippen LogP contribution in [0.2, 0.25) is 0 Å². The molecule has 0 fully saturated rings. The number of hydrogen-bond donors (Lipinski definition) is 2. The molecule has 0 radical (unpaired) electrons. The van der Waals surface area contributed by atoms with Gasteiger partial charge in [-0.15, -0.1) is 0 Å². The van der Waals surface area contributed by atoms with Crippen LogP contribution < -0.4 is 10.6 Å². The van der Waals surface area contributed by atoms with Crippen LogP contribution in [0.3, 0.4) is 0 Å². The Morgan fingerprint density at radius 1 is 1.31 bits per heavy atom. The monoisotopic (exact) mass is 180 g/mol. The first kappa shape index (κ1) is 9.86. The molecule has 1 aromatic rings. The molecule has 0 aliphatic carbocycles. The summed E-state index contributed by atoms with van der Waals surface area (Å²) in [5.74, 6) is 0.299. The normalized spacial score (nSPS) is 10.0. The number of rotatable bonds is 4. The molecule has 0 spiro atoms. The van der Waals surface area contributed by atoms with Gasteiger partial charge in [0.1, 0.15) is 5.75 Å². The first-order chi connectivity index (χ1) is 6.27. The van der Waals surface area contributed by atoms with E-state index in [1.807, 2.05) is 12.1 Å². The van der Waals surface area contributed by atoms with E-state index < -0.39 is 0 Å². The van der Waals surface area contributed by atoms with Crippen molar-refractivity contribution in [2.75, 3.05) is 24.5 Å². The van der Waals surface area contributed by atoms with E-state index in [1.54, 1.807) is 12.1 Å². The quantitative estimate of drug-likeness (QED) is 0.731. The number of hydrogen-bond acceptors (Lipinski definition) is 3. The summed E-state index contributed by atoms with van der Waals surface area (Å²) >= 11 is 0. The Bertz CT molecular complexity index is 246. The number of nitrogens with zero attached hydrogens (tertiary/aromatic N) is 1. The van der Waals surface area contributed by atoms with E-state index in [-0.39, 0.29) is 0 Å². The van der Waals surface area contributed by atoms with Crippen molar-refractivity contribution in [2.24, 2.45) is 5.73 Å². The maximum Gasteiger partial charge on any atom is 0.115 e. The van der Waals surface area contributed by atoms with Crippen molar-refractivity contribution in [2.45, 2.75) is 6.92 Å². The van der Waals surface area contributed by atoms with E-state index >= 15 is 0 Å². The minimum Gasteiger partial charge on any atom is -0.508 e. The molecule has 3 heteroatoms. The molecule has 0 saturated heterocycles. The largest absolute Gasteiger partial charge is 0.508 e. The van der Waals surface area contributed by atoms with E-state index in [9.17, 15) is 0 Å². The van der Waals surface area contributed by atoms with E-state index in [4.69, 9.17) is 10.8 Å². The number of aromatic hydroxyl groups is 1. The maximum atomic E-state index is 9.10. The smallest absolute Gasteiger partial charge is 0.115 e. The van der Waals surface area contributed by atoms with Gasteiger partial charge in [-0.3, -0.25) is 0 Å². The lowest BCUT2D eigenvalue weighted by Gasteiger charge is -2.22. The molecule has 3 N–H and O–H groups in total. The zero-order valence-corrected chi connectivity index (χ0v) is 7.90. The fourth-order valence-corrected chi connectivity index (χ4v) is 1.29. The fraction of sp³-hybridized carbons (Fsp3) is 0.400. The maximum absolute atomic E-state index is 9.10. The van der Waals surface area contributed by atoms with Crippen molar-refractivity contribution in [3.63, 3.8) is 0 Å². The van der Waals surface area contributed by atoms with Crippen molar-refractivity contribution < 1.29 is 5.11 Å². The van der Waals surface area contributed by atoms with Gasteiger partial charge >= 0.3 is 0 Å². The van der Waals surface area contributed by atoms with E-state index in [1.165, 1.54) is 0 Å². The Kier molecular flexibility index (Phi) is 3.58. The summed E-state index contributed by atoms with van der Waals surface area (Å²) in [6.45, 7) is 4.51. The highest BCUT2D eigenvalue weighted by Gasteiger charge is 2.01. The Hall–Kier alpha value is -1.22. The molecule has 1 aromatic carbocycles. The molecule has 0 aliphatic heterocycles. The van der Waals surface area contributed by atoms with Gasteiger partial charge in [-0.05, 0) is 31.2 Å². The Morgan fingerprint density at radius 3 is 2.38 bits per heavy atom. The van der Waals surface area contributed by atoms with Crippen LogP contribution >= 0.6 is 0 Å². The topological polar surface area (TPSA) is 49.5 Å². The van der Waals surface area contributed by atoms with Gasteiger partial charge in [-0.1, -0.05) is 0 Å². The van der Waals surface area contributed by atoms with Gasteiger partial charge in [-0.25, -0.2) is 0 Å². The molecule has 0 heterocycles. The van der Waals surface area contributed by atoms with Gasteiger partial charge in [0, 0.05) is 25.3 Å². The van der Waals surface area contributed by atoms with E-state index in [0.717, 1.165) is 18.8 Å². The molecule has 0 atom stereocenters. The second kappa shape index (κ2) is 4.72. The number of nitrogens with two attached hydrogens (primary N) is 1. The summed E-state index contributed by atoms with van der Waals surface area (Å²) in [5, 5.41) is 9.10. The summed E-state index contributed by atoms with van der Waals surface area (Å²) in [5.41, 5.74) is 6.58. The average Bonchev–Trinajstić information content (AvgIpc) is 2.16. The predicted molar refractivity (Wildman–Crippen MR) is 55.0 cm³/mol. The van der Waals surface area contributed by atoms with Crippen molar-refractivity contribution in [1.82, 2.24) is 0 Å². The van der Waals surface area contributed by atoms with Crippen LogP contribution in [0, 0.1) is 0 Å². The summed E-state index contributed by atoms with van der Waals surface area (Å²) in [6.07, 6.45) is 0. The molecular weight excluding hydrogens is 164 g/mol. The lowest BCUT2D eigenvalue weighted by molar-refractivity contribution is 0.475. The van der Waals surface area contributed by atoms with Gasteiger partial charge in [0.2, 0.25) is 0 Å². The third-order valence-electron chi connectivity index (χ3n) is 2.00. The van der Waals surface area contributed by atoms with Crippen molar-refractivity contribution in [3.8, 4) is 5.75 Å². The zero-order valence-electron chi connectivity index (χ0n) is 7.90. The standard InChI is InChI=1S/C10H16N2O/c1-2-12(8-7-11)9-3-5-10(13)6-4-9/h3-6,13H,2,7-8,11H2,1H3. The third-order valence-corrected chi connectivity index (χ3v) is 2.00. The number of likely N-dealkylation sites (N-methyl/N-ethyl adjacent to an activating group) is 1. The Labute approximate surface area is 78.8 Å². The summed E-state index contributed by atoms with van der Waals surface area (Å²) in [6, 6.07) is 7.17. The lowest BCUT2D eigenvalue weighted by Crippen LogP contribution is -2.28. The van der Waals surface area contributed by atoms with Gasteiger partial charge < -0.3 is 15.7 Å². The molecular formula is C10H16N2O. The third kappa shape index (κ3) is 2.63. The van der Waals surface area contributed by atoms with E-state index in [0.29, 0.717) is 12.3 Å². The molecule has 72 valence electrons. The van der Waals surface area contributed by atoms with Gasteiger partial charge in [-0.2, -0.15) is 0 Å². The fourth-order valence-electron chi connectivity index (χ4n) is 1.29. The molecule has 0 aromatic heterocycles. The summed E-state index contributed by atoms with van der Waals surface area (Å²) in [4.78, 5) is 2.17. The lowest BCUT2D eigenvalue weighted by atomic mass is 10.2. The molecule has 3 nitrogen and oxygen atoms in total. The predicted octanol–water partition coefficient (Wildman–Crippen LogP) is 1.18. The van der Waals surface area contributed by atoms with Crippen molar-refractivity contribution >= 4 is 5.69 Å². The van der Waals surface area contributed by atoms with Crippen LogP contribution in [0.5, 0.6) is 5.75 Å². The molecule has 1 rings (SSSR count). The Balaban J connectivity index is 2.73. The SMILES string of the molecule is CCN(CCN)c1ccc(O)cc1. The van der Waals surface area contributed by atoms with Gasteiger partial charge in [0.05, 0.1) is 0 Å². The minimum atomic E-state index is 0.299. The highest BCUT2D eigenvalue weighted by molar-refractivity contribution is 5.48. The van der Waals surface area contributed by atoms with Crippen LogP contribution in [0.1, 0.15) is 6.92 Å². The van der Waals surface area contributed by atoms with Crippen LogP contribution in [0.15, 0.2) is 24.3 Å². The summed E-state index contributed by atoms with van der Waals surface area (Å²) in [7, 11) is 0. The van der Waals surface area contributed by atoms with Crippen LogP contribution in [-0.2, 0) is 0 Å². The molecule has 0 saturated carbocycles. The molecule has 0 aliphatic rings. The molecule has 0 amide bonds. The molecule has 0 unspecified atom stereocenters. The molecule has 0 bridgehead atoms. The van der Waals surface area contributed by atoms with Gasteiger partial charge in [0.15, 0.2) is 0 Å². The van der Waals surface area contributed by atoms with Crippen LogP contribution in [0.4, 0.5) is 5.69 Å². The zero-order chi connectivity index (χ0) is 9.68. The van der Waals surface area contributed by atoms with E-state index in [2.05, 4.69) is 11.8 Å². The highest BCUT2D eigenvalue weighted by Crippen LogP contribution is 2.17. The Morgan fingerprint density at radius 2 is 1.92 bits per heavy atom. The first-order valence-corrected chi connectivity index (χ1v) is 4.52. The number of phenolic OH excluding ortho intramolecular Hbond substituents is 1. The van der Waals surface area contributed by atoms with Crippen LogP contribution in [0.25, 0.3) is 0 Å². The summed E-state index contributed by atoms with van der Waals surface area (Å²) < 4.78 is 0. The van der Waals surface area contributed by atoms with Gasteiger partial charge in [0.25, 0.3) is 0 Å². The molecule has 13 heavy (non-hydrogen) atoms. The van der Waals surface area contributed by atoms with Crippen molar-refractivity contribution in [1.29, 1.82) is 0 Å². The average molecular weight is 180 g/mol. The number of benzene rings is 1. The number of anilines is 1. The second-order valence-electron chi connectivity index (χ2n) is 2.88. The minimum absolute atomic E-state index is 0.299.